The molecule has 0 amide bonds. The van der Waals surface area contributed by atoms with Crippen LogP contribution in [0.4, 0.5) is 0 Å². The van der Waals surface area contributed by atoms with Crippen LogP contribution >= 0.6 is 0 Å². The Hall–Kier alpha value is -1.26. The van der Waals surface area contributed by atoms with E-state index in [-0.39, 0.29) is 12.5 Å². The van der Waals surface area contributed by atoms with Crippen LogP contribution in [0.1, 0.15) is 11.5 Å². The van der Waals surface area contributed by atoms with E-state index in [2.05, 4.69) is 0 Å². The Balaban J connectivity index is 2.24. The minimum atomic E-state index is 0.114. The molecular weight excluding hydrogens is 220 g/mol. The zero-order chi connectivity index (χ0) is 12.3. The summed E-state index contributed by atoms with van der Waals surface area (Å²) in [6, 6.07) is 5.77. The Morgan fingerprint density at radius 2 is 2.00 bits per heavy atom. The molecule has 4 heteroatoms. The molecule has 1 unspecified atom stereocenters. The van der Waals surface area contributed by atoms with Crippen molar-refractivity contribution in [3.05, 3.63) is 23.8 Å². The van der Waals surface area contributed by atoms with Gasteiger partial charge >= 0.3 is 0 Å². The fourth-order valence-corrected chi connectivity index (χ4v) is 2.10. The second kappa shape index (κ2) is 5.38. The van der Waals surface area contributed by atoms with E-state index in [0.717, 1.165) is 18.8 Å². The topological polar surface area (TPSA) is 47.9 Å². The first kappa shape index (κ1) is 12.2. The maximum Gasteiger partial charge on any atom is 0.160 e. The summed E-state index contributed by atoms with van der Waals surface area (Å²) in [5.41, 5.74) is 1.07. The molecule has 1 heterocycles. The zero-order valence-corrected chi connectivity index (χ0v) is 10.2. The standard InChI is InChI=1S/C13H18O4/c1-15-12-4-3-9(5-13(12)16-2)11(6-14)10-7-17-8-10/h3-5,10-11,14H,6-8H2,1-2H3. The van der Waals surface area contributed by atoms with Crippen LogP contribution in [0.2, 0.25) is 0 Å². The van der Waals surface area contributed by atoms with Crippen LogP contribution in [0, 0.1) is 5.92 Å². The molecule has 1 aromatic carbocycles. The van der Waals surface area contributed by atoms with E-state index in [9.17, 15) is 5.11 Å². The molecule has 4 nitrogen and oxygen atoms in total. The molecule has 94 valence electrons. The van der Waals surface area contributed by atoms with Crippen molar-refractivity contribution in [2.45, 2.75) is 5.92 Å². The van der Waals surface area contributed by atoms with E-state index < -0.39 is 0 Å². The normalized spacial score (nSPS) is 17.4. The number of rotatable bonds is 5. The van der Waals surface area contributed by atoms with Crippen LogP contribution in [0.3, 0.4) is 0 Å². The van der Waals surface area contributed by atoms with Crippen LogP contribution in [0.25, 0.3) is 0 Å². The van der Waals surface area contributed by atoms with E-state index in [0.29, 0.717) is 17.4 Å². The Kier molecular flexibility index (Phi) is 3.86. The van der Waals surface area contributed by atoms with Crippen molar-refractivity contribution in [2.75, 3.05) is 34.0 Å². The molecule has 2 rings (SSSR count). The van der Waals surface area contributed by atoms with Gasteiger partial charge in [0.25, 0.3) is 0 Å². The highest BCUT2D eigenvalue weighted by Crippen LogP contribution is 2.35. The van der Waals surface area contributed by atoms with Crippen molar-refractivity contribution in [2.24, 2.45) is 5.92 Å². The van der Waals surface area contributed by atoms with Crippen molar-refractivity contribution >= 4 is 0 Å². The molecule has 0 saturated carbocycles. The van der Waals surface area contributed by atoms with Gasteiger partial charge in [0.1, 0.15) is 0 Å². The second-order valence-corrected chi connectivity index (χ2v) is 4.20. The van der Waals surface area contributed by atoms with Crippen molar-refractivity contribution in [1.82, 2.24) is 0 Å². The summed E-state index contributed by atoms with van der Waals surface area (Å²) in [5.74, 6) is 1.92. The number of methoxy groups -OCH3 is 2. The molecule has 1 aliphatic heterocycles. The lowest BCUT2D eigenvalue weighted by atomic mass is 9.85. The lowest BCUT2D eigenvalue weighted by Gasteiger charge is -2.33. The summed E-state index contributed by atoms with van der Waals surface area (Å²) in [6.45, 7) is 1.57. The Labute approximate surface area is 101 Å². The fraction of sp³-hybridized carbons (Fsp3) is 0.538. The monoisotopic (exact) mass is 238 g/mol. The number of benzene rings is 1. The van der Waals surface area contributed by atoms with Crippen molar-refractivity contribution in [3.63, 3.8) is 0 Å². The highest BCUT2D eigenvalue weighted by molar-refractivity contribution is 5.44. The Bertz CT molecular complexity index is 374. The summed E-state index contributed by atoms with van der Waals surface area (Å²) >= 11 is 0. The summed E-state index contributed by atoms with van der Waals surface area (Å²) in [6.07, 6.45) is 0. The molecule has 1 atom stereocenters. The number of aliphatic hydroxyl groups excluding tert-OH is 1. The van der Waals surface area contributed by atoms with Gasteiger partial charge in [0.05, 0.1) is 34.0 Å². The molecule has 1 saturated heterocycles. The fourth-order valence-electron chi connectivity index (χ4n) is 2.10. The summed E-state index contributed by atoms with van der Waals surface area (Å²) in [7, 11) is 3.23. The van der Waals surface area contributed by atoms with Crippen LogP contribution in [-0.2, 0) is 4.74 Å². The highest BCUT2D eigenvalue weighted by Gasteiger charge is 2.29. The van der Waals surface area contributed by atoms with Gasteiger partial charge in [0.2, 0.25) is 0 Å². The predicted molar refractivity (Wildman–Crippen MR) is 63.7 cm³/mol. The molecule has 17 heavy (non-hydrogen) atoms. The molecule has 0 aromatic heterocycles. The van der Waals surface area contributed by atoms with E-state index in [4.69, 9.17) is 14.2 Å². The third kappa shape index (κ3) is 2.37. The van der Waals surface area contributed by atoms with E-state index in [1.165, 1.54) is 0 Å². The van der Waals surface area contributed by atoms with Crippen molar-refractivity contribution in [3.8, 4) is 11.5 Å². The quantitative estimate of drug-likeness (QED) is 0.843. The van der Waals surface area contributed by atoms with Gasteiger partial charge in [-0.15, -0.1) is 0 Å². The van der Waals surface area contributed by atoms with E-state index in [1.54, 1.807) is 14.2 Å². The molecule has 0 spiro atoms. The first-order valence-electron chi connectivity index (χ1n) is 5.70. The number of hydrogen-bond acceptors (Lipinski definition) is 4. The largest absolute Gasteiger partial charge is 0.493 e. The lowest BCUT2D eigenvalue weighted by molar-refractivity contribution is -0.0527. The van der Waals surface area contributed by atoms with E-state index in [1.807, 2.05) is 18.2 Å². The lowest BCUT2D eigenvalue weighted by Crippen LogP contribution is -2.34. The molecule has 0 radical (unpaired) electrons. The van der Waals surface area contributed by atoms with Gasteiger partial charge < -0.3 is 19.3 Å². The second-order valence-electron chi connectivity index (χ2n) is 4.20. The molecular formula is C13H18O4. The molecule has 1 aliphatic rings. The third-order valence-corrected chi connectivity index (χ3v) is 3.27. The SMILES string of the molecule is COc1ccc(C(CO)C2COC2)cc1OC. The van der Waals surface area contributed by atoms with Crippen molar-refractivity contribution < 1.29 is 19.3 Å². The highest BCUT2D eigenvalue weighted by atomic mass is 16.5. The minimum absolute atomic E-state index is 0.114. The molecule has 1 fully saturated rings. The van der Waals surface area contributed by atoms with Gasteiger partial charge in [-0.3, -0.25) is 0 Å². The smallest absolute Gasteiger partial charge is 0.160 e. The zero-order valence-electron chi connectivity index (χ0n) is 10.2. The Morgan fingerprint density at radius 3 is 2.47 bits per heavy atom. The van der Waals surface area contributed by atoms with Crippen LogP contribution < -0.4 is 9.47 Å². The summed E-state index contributed by atoms with van der Waals surface area (Å²) in [4.78, 5) is 0. The van der Waals surface area contributed by atoms with Gasteiger partial charge in [-0.05, 0) is 17.7 Å². The molecule has 1 aromatic rings. The number of hydrogen-bond donors (Lipinski definition) is 1. The average Bonchev–Trinajstić information content (AvgIpc) is 2.32. The van der Waals surface area contributed by atoms with Crippen molar-refractivity contribution in [1.29, 1.82) is 0 Å². The molecule has 0 aliphatic carbocycles. The minimum Gasteiger partial charge on any atom is -0.493 e. The predicted octanol–water partition coefficient (Wildman–Crippen LogP) is 1.43. The van der Waals surface area contributed by atoms with Gasteiger partial charge in [0, 0.05) is 11.8 Å². The first-order valence-corrected chi connectivity index (χ1v) is 5.70. The summed E-state index contributed by atoms with van der Waals surface area (Å²) < 4.78 is 15.6. The van der Waals surface area contributed by atoms with Crippen LogP contribution in [-0.4, -0.2) is 39.1 Å². The first-order chi connectivity index (χ1) is 8.30. The maximum atomic E-state index is 9.48. The average molecular weight is 238 g/mol. The molecule has 1 N–H and O–H groups in total. The van der Waals surface area contributed by atoms with Gasteiger partial charge in [0.15, 0.2) is 11.5 Å². The van der Waals surface area contributed by atoms with Gasteiger partial charge in [-0.1, -0.05) is 6.07 Å². The van der Waals surface area contributed by atoms with Crippen LogP contribution in [0.15, 0.2) is 18.2 Å². The third-order valence-electron chi connectivity index (χ3n) is 3.27. The maximum absolute atomic E-state index is 9.48. The number of aliphatic hydroxyl groups is 1. The van der Waals surface area contributed by atoms with Gasteiger partial charge in [-0.2, -0.15) is 0 Å². The Morgan fingerprint density at radius 1 is 1.29 bits per heavy atom. The molecule has 0 bridgehead atoms. The number of ether oxygens (including phenoxy) is 3. The van der Waals surface area contributed by atoms with Crippen LogP contribution in [0.5, 0.6) is 11.5 Å². The van der Waals surface area contributed by atoms with Gasteiger partial charge in [-0.25, -0.2) is 0 Å². The summed E-state index contributed by atoms with van der Waals surface area (Å²) in [5, 5.41) is 9.48. The van der Waals surface area contributed by atoms with E-state index >= 15 is 0 Å².